The van der Waals surface area contributed by atoms with Crippen LogP contribution in [-0.4, -0.2) is 59.0 Å². The highest BCUT2D eigenvalue weighted by molar-refractivity contribution is 5.93. The molecule has 2 aliphatic heterocycles. The molecular formula is C23H30N4O2. The number of hydrogen-bond acceptors (Lipinski definition) is 4. The quantitative estimate of drug-likeness (QED) is 0.800. The van der Waals surface area contributed by atoms with Crippen LogP contribution in [0.5, 0.6) is 0 Å². The summed E-state index contributed by atoms with van der Waals surface area (Å²) in [6.07, 6.45) is 2.75. The van der Waals surface area contributed by atoms with Gasteiger partial charge in [-0.15, -0.1) is 0 Å². The lowest BCUT2D eigenvalue weighted by molar-refractivity contribution is 0.0827. The molecule has 2 atom stereocenters. The number of fused-ring (bicyclic) bond motifs is 4. The monoisotopic (exact) mass is 394 g/mol. The number of hydrogen-bond donors (Lipinski definition) is 0. The molecule has 29 heavy (non-hydrogen) atoms. The van der Waals surface area contributed by atoms with Crippen molar-refractivity contribution in [1.29, 1.82) is 0 Å². The number of piperidine rings is 1. The number of amides is 1. The first-order valence-electron chi connectivity index (χ1n) is 10.5. The van der Waals surface area contributed by atoms with Gasteiger partial charge in [-0.3, -0.25) is 14.6 Å². The summed E-state index contributed by atoms with van der Waals surface area (Å²) in [6.45, 7) is 8.55. The van der Waals surface area contributed by atoms with Crippen LogP contribution in [0.15, 0.2) is 35.3 Å². The average Bonchev–Trinajstić information content (AvgIpc) is 2.67. The van der Waals surface area contributed by atoms with Crippen molar-refractivity contribution in [2.24, 2.45) is 11.8 Å². The number of carbonyl (C=O) groups excluding carboxylic acids is 1. The summed E-state index contributed by atoms with van der Waals surface area (Å²) in [5.74, 6) is 1.52. The zero-order valence-corrected chi connectivity index (χ0v) is 17.8. The summed E-state index contributed by atoms with van der Waals surface area (Å²) in [6, 6.07) is 7.44. The second-order valence-corrected chi connectivity index (χ2v) is 9.16. The summed E-state index contributed by atoms with van der Waals surface area (Å²) in [4.78, 5) is 33.5. The van der Waals surface area contributed by atoms with Crippen molar-refractivity contribution in [2.75, 3.05) is 33.7 Å². The molecule has 0 N–H and O–H groups in total. The van der Waals surface area contributed by atoms with Crippen molar-refractivity contribution in [3.05, 3.63) is 52.1 Å². The molecule has 0 saturated carbocycles. The number of aromatic nitrogens is 2. The Labute approximate surface area is 172 Å². The van der Waals surface area contributed by atoms with E-state index in [1.165, 1.54) is 4.90 Å². The van der Waals surface area contributed by atoms with Gasteiger partial charge in [0.05, 0.1) is 11.3 Å². The maximum absolute atomic E-state index is 12.9. The van der Waals surface area contributed by atoms with E-state index in [0.29, 0.717) is 23.3 Å². The largest absolute Gasteiger partial charge is 0.345 e. The summed E-state index contributed by atoms with van der Waals surface area (Å²) in [5.41, 5.74) is 3.31. The fourth-order valence-electron chi connectivity index (χ4n) is 4.82. The number of pyridine rings is 2. The Morgan fingerprint density at radius 3 is 2.66 bits per heavy atom. The standard InChI is InChI=1S/C23H30N4O2/c1-15(2)11-26-12-16-7-19(14-26)21-8-18(9-22(28)27(21)13-16)20-6-5-17(10-24-20)23(29)25(3)4/h5-6,8-10,15-16,19H,7,11-14H2,1-4H3/t16-,19+/m0/s1. The maximum atomic E-state index is 12.9. The van der Waals surface area contributed by atoms with Crippen molar-refractivity contribution in [3.8, 4) is 11.3 Å². The third-order valence-corrected chi connectivity index (χ3v) is 5.97. The molecule has 0 spiro atoms. The minimum atomic E-state index is -0.0759. The Hall–Kier alpha value is -2.47. The molecule has 0 aromatic carbocycles. The van der Waals surface area contributed by atoms with Gasteiger partial charge in [-0.05, 0) is 36.5 Å². The van der Waals surface area contributed by atoms with Gasteiger partial charge < -0.3 is 14.4 Å². The molecule has 2 aliphatic rings. The van der Waals surface area contributed by atoms with Crippen LogP contribution in [0.3, 0.4) is 0 Å². The van der Waals surface area contributed by atoms with E-state index in [2.05, 4.69) is 29.8 Å². The maximum Gasteiger partial charge on any atom is 0.254 e. The summed E-state index contributed by atoms with van der Waals surface area (Å²) in [5, 5.41) is 0. The Balaban J connectivity index is 1.65. The van der Waals surface area contributed by atoms with Crippen LogP contribution in [0.1, 0.15) is 42.2 Å². The molecule has 0 unspecified atom stereocenters. The second-order valence-electron chi connectivity index (χ2n) is 9.16. The van der Waals surface area contributed by atoms with Crippen molar-refractivity contribution in [3.63, 3.8) is 0 Å². The first kappa shape index (κ1) is 19.8. The van der Waals surface area contributed by atoms with Gasteiger partial charge in [0.2, 0.25) is 0 Å². The number of likely N-dealkylation sites (tertiary alicyclic amines) is 1. The smallest absolute Gasteiger partial charge is 0.254 e. The highest BCUT2D eigenvalue weighted by Gasteiger charge is 2.35. The van der Waals surface area contributed by atoms with Crippen LogP contribution in [0.2, 0.25) is 0 Å². The molecule has 1 saturated heterocycles. The first-order valence-corrected chi connectivity index (χ1v) is 10.5. The molecular weight excluding hydrogens is 364 g/mol. The fourth-order valence-corrected chi connectivity index (χ4v) is 4.82. The van der Waals surface area contributed by atoms with E-state index in [-0.39, 0.29) is 11.5 Å². The minimum Gasteiger partial charge on any atom is -0.345 e. The first-order chi connectivity index (χ1) is 13.8. The predicted molar refractivity (Wildman–Crippen MR) is 114 cm³/mol. The SMILES string of the molecule is CC(C)CN1C[C@@H]2C[C@H](C1)c1cc(-c3ccc(C(=O)N(C)C)cn3)cc(=O)n1C2. The van der Waals surface area contributed by atoms with E-state index < -0.39 is 0 Å². The average molecular weight is 395 g/mol. The lowest BCUT2D eigenvalue weighted by Crippen LogP contribution is -2.48. The molecule has 2 aromatic rings. The van der Waals surface area contributed by atoms with Gasteiger partial charge in [-0.1, -0.05) is 13.8 Å². The Morgan fingerprint density at radius 2 is 2.00 bits per heavy atom. The Bertz CT molecular complexity index is 962. The van der Waals surface area contributed by atoms with Gasteiger partial charge in [0.1, 0.15) is 0 Å². The van der Waals surface area contributed by atoms with E-state index in [9.17, 15) is 9.59 Å². The summed E-state index contributed by atoms with van der Waals surface area (Å²) >= 11 is 0. The van der Waals surface area contributed by atoms with Crippen LogP contribution in [-0.2, 0) is 6.54 Å². The van der Waals surface area contributed by atoms with Crippen molar-refractivity contribution < 1.29 is 4.79 Å². The van der Waals surface area contributed by atoms with Crippen molar-refractivity contribution in [1.82, 2.24) is 19.4 Å². The van der Waals surface area contributed by atoms with Crippen LogP contribution >= 0.6 is 0 Å². The summed E-state index contributed by atoms with van der Waals surface area (Å²) < 4.78 is 1.97. The molecule has 2 aromatic heterocycles. The van der Waals surface area contributed by atoms with Gasteiger partial charge in [0, 0.05) is 69.7 Å². The molecule has 6 nitrogen and oxygen atoms in total. The second kappa shape index (κ2) is 7.75. The number of nitrogens with zero attached hydrogens (tertiary/aromatic N) is 4. The van der Waals surface area contributed by atoms with E-state index in [1.54, 1.807) is 32.4 Å². The van der Waals surface area contributed by atoms with Crippen LogP contribution in [0.25, 0.3) is 11.3 Å². The van der Waals surface area contributed by atoms with Gasteiger partial charge in [0.25, 0.3) is 11.5 Å². The predicted octanol–water partition coefficient (Wildman–Crippen LogP) is 2.69. The van der Waals surface area contributed by atoms with E-state index in [0.717, 1.165) is 49.6 Å². The zero-order chi connectivity index (χ0) is 20.7. The van der Waals surface area contributed by atoms with E-state index in [1.807, 2.05) is 10.6 Å². The molecule has 4 rings (SSSR count). The van der Waals surface area contributed by atoms with Crippen LogP contribution in [0.4, 0.5) is 0 Å². The van der Waals surface area contributed by atoms with Gasteiger partial charge in [0.15, 0.2) is 0 Å². The highest BCUT2D eigenvalue weighted by atomic mass is 16.2. The lowest BCUT2D eigenvalue weighted by atomic mass is 9.82. The topological polar surface area (TPSA) is 58.4 Å². The minimum absolute atomic E-state index is 0.0553. The molecule has 4 heterocycles. The summed E-state index contributed by atoms with van der Waals surface area (Å²) in [7, 11) is 3.45. The van der Waals surface area contributed by atoms with Crippen molar-refractivity contribution >= 4 is 5.91 Å². The van der Waals surface area contributed by atoms with Gasteiger partial charge in [-0.25, -0.2) is 0 Å². The van der Waals surface area contributed by atoms with E-state index in [4.69, 9.17) is 0 Å². The number of carbonyl (C=O) groups is 1. The fraction of sp³-hybridized carbons (Fsp3) is 0.522. The van der Waals surface area contributed by atoms with Crippen molar-refractivity contribution in [2.45, 2.75) is 32.7 Å². The van der Waals surface area contributed by atoms with Crippen LogP contribution < -0.4 is 5.56 Å². The van der Waals surface area contributed by atoms with E-state index >= 15 is 0 Å². The zero-order valence-electron chi connectivity index (χ0n) is 17.8. The third-order valence-electron chi connectivity index (χ3n) is 5.97. The van der Waals surface area contributed by atoms with Gasteiger partial charge in [-0.2, -0.15) is 0 Å². The molecule has 0 radical (unpaired) electrons. The molecule has 2 bridgehead atoms. The highest BCUT2D eigenvalue weighted by Crippen LogP contribution is 2.36. The Kier molecular flexibility index (Phi) is 5.30. The van der Waals surface area contributed by atoms with Crippen LogP contribution in [0, 0.1) is 11.8 Å². The number of rotatable bonds is 4. The molecule has 1 fully saturated rings. The molecule has 6 heteroatoms. The third kappa shape index (κ3) is 3.99. The normalized spacial score (nSPS) is 21.1. The molecule has 0 aliphatic carbocycles. The lowest BCUT2D eigenvalue weighted by Gasteiger charge is -2.43. The van der Waals surface area contributed by atoms with Gasteiger partial charge >= 0.3 is 0 Å². The Morgan fingerprint density at radius 1 is 1.21 bits per heavy atom. The molecule has 1 amide bonds. The molecule has 154 valence electrons.